The zero-order valence-electron chi connectivity index (χ0n) is 13.5. The summed E-state index contributed by atoms with van der Waals surface area (Å²) in [7, 11) is 1.83. The Labute approximate surface area is 163 Å². The highest BCUT2D eigenvalue weighted by Gasteiger charge is 2.39. The fourth-order valence-corrected chi connectivity index (χ4v) is 2.65. The summed E-state index contributed by atoms with van der Waals surface area (Å²) in [5.41, 5.74) is 1.40. The molecular weight excluding hydrogens is 473 g/mol. The Hall–Kier alpha value is 0.0500. The van der Waals surface area contributed by atoms with Crippen molar-refractivity contribution in [1.29, 1.82) is 0 Å². The molecule has 1 aromatic rings. The Balaban J connectivity index is 0.00000242. The number of thioether (sulfide) groups is 1. The largest absolute Gasteiger partial charge is 0.355 e. The summed E-state index contributed by atoms with van der Waals surface area (Å²) in [4.78, 5) is 4.33. The van der Waals surface area contributed by atoms with Crippen molar-refractivity contribution in [3.63, 3.8) is 0 Å². The molecule has 0 aromatic heterocycles. The van der Waals surface area contributed by atoms with Crippen LogP contribution in [-0.2, 0) is 0 Å². The number of benzene rings is 1. The number of nitrogens with zero attached hydrogens (tertiary/aromatic N) is 1. The Morgan fingerprint density at radius 1 is 1.36 bits per heavy atom. The number of hydrogen-bond donors (Lipinski definition) is 2. The average Bonchev–Trinajstić information content (AvgIpc) is 3.23. The normalized spacial score (nSPS) is 21.0. The molecule has 22 heavy (non-hydrogen) atoms. The van der Waals surface area contributed by atoms with E-state index >= 15 is 0 Å². The van der Waals surface area contributed by atoms with E-state index in [1.165, 1.54) is 12.0 Å². The van der Waals surface area contributed by atoms with Crippen molar-refractivity contribution in [2.75, 3.05) is 19.8 Å². The lowest BCUT2D eigenvalue weighted by atomic mass is 10.1. The Kier molecular flexibility index (Phi) is 8.02. The fourth-order valence-electron chi connectivity index (χ4n) is 2.17. The van der Waals surface area contributed by atoms with Crippen LogP contribution in [0.1, 0.15) is 31.7 Å². The third-order valence-corrected chi connectivity index (χ3v) is 5.65. The highest BCUT2D eigenvalue weighted by atomic mass is 127. The van der Waals surface area contributed by atoms with Gasteiger partial charge in [0.2, 0.25) is 0 Å². The average molecular weight is 498 g/mol. The van der Waals surface area contributed by atoms with E-state index in [4.69, 9.17) is 0 Å². The van der Waals surface area contributed by atoms with E-state index in [0.717, 1.165) is 17.0 Å². The number of rotatable bonds is 5. The Morgan fingerprint density at radius 2 is 2.00 bits per heavy atom. The lowest BCUT2D eigenvalue weighted by Crippen LogP contribution is -2.44. The van der Waals surface area contributed by atoms with Gasteiger partial charge in [-0.05, 0) is 44.2 Å². The molecule has 2 atom stereocenters. The van der Waals surface area contributed by atoms with Gasteiger partial charge in [-0.3, -0.25) is 4.99 Å². The van der Waals surface area contributed by atoms with Crippen molar-refractivity contribution in [3.05, 3.63) is 34.3 Å². The number of halogens is 2. The first-order valence-corrected chi connectivity index (χ1v) is 9.25. The van der Waals surface area contributed by atoms with Gasteiger partial charge in [0.1, 0.15) is 0 Å². The van der Waals surface area contributed by atoms with Crippen LogP contribution in [0.5, 0.6) is 0 Å². The number of aliphatic imine (C=N–C) groups is 1. The van der Waals surface area contributed by atoms with E-state index < -0.39 is 0 Å². The second kappa shape index (κ2) is 8.78. The standard InChI is InChI=1S/C16H24BrN3S.HI/c1-16(2,21-4)10-19-15(18-3)20-14-9-13(14)11-5-7-12(17)8-6-11;/h5-8,13-14H,9-10H2,1-4H3,(H2,18,19,20);1H. The van der Waals surface area contributed by atoms with E-state index in [2.05, 4.69) is 75.9 Å². The molecule has 1 saturated carbocycles. The lowest BCUT2D eigenvalue weighted by molar-refractivity contribution is 0.662. The topological polar surface area (TPSA) is 36.4 Å². The van der Waals surface area contributed by atoms with Gasteiger partial charge in [-0.2, -0.15) is 11.8 Å². The van der Waals surface area contributed by atoms with Crippen LogP contribution in [0.2, 0.25) is 0 Å². The molecule has 0 bridgehead atoms. The number of nitrogens with one attached hydrogen (secondary N) is 2. The summed E-state index contributed by atoms with van der Waals surface area (Å²) in [6.45, 7) is 5.38. The van der Waals surface area contributed by atoms with Gasteiger partial charge in [0, 0.05) is 34.8 Å². The molecule has 0 radical (unpaired) electrons. The quantitative estimate of drug-likeness (QED) is 0.363. The zero-order chi connectivity index (χ0) is 15.5. The molecule has 6 heteroatoms. The van der Waals surface area contributed by atoms with Gasteiger partial charge in [0.25, 0.3) is 0 Å². The zero-order valence-corrected chi connectivity index (χ0v) is 18.3. The summed E-state index contributed by atoms with van der Waals surface area (Å²) < 4.78 is 1.35. The highest BCUT2D eigenvalue weighted by Crippen LogP contribution is 2.40. The maximum absolute atomic E-state index is 4.33. The monoisotopic (exact) mass is 497 g/mol. The van der Waals surface area contributed by atoms with Crippen molar-refractivity contribution in [2.24, 2.45) is 4.99 Å². The van der Waals surface area contributed by atoms with E-state index in [9.17, 15) is 0 Å². The summed E-state index contributed by atoms with van der Waals surface area (Å²) in [5.74, 6) is 1.51. The molecule has 0 amide bonds. The number of guanidine groups is 1. The van der Waals surface area contributed by atoms with Crippen LogP contribution in [0.4, 0.5) is 0 Å². The van der Waals surface area contributed by atoms with Gasteiger partial charge in [-0.1, -0.05) is 28.1 Å². The molecule has 124 valence electrons. The van der Waals surface area contributed by atoms with Gasteiger partial charge in [0.15, 0.2) is 5.96 Å². The molecule has 0 aliphatic heterocycles. The summed E-state index contributed by atoms with van der Waals surface area (Å²) in [5, 5.41) is 6.94. The molecule has 1 aliphatic rings. The SMILES string of the molecule is CN=C(NCC(C)(C)SC)NC1CC1c1ccc(Br)cc1.I. The molecule has 2 unspecified atom stereocenters. The molecule has 2 N–H and O–H groups in total. The van der Waals surface area contributed by atoms with Crippen molar-refractivity contribution >= 4 is 57.6 Å². The third-order valence-electron chi connectivity index (χ3n) is 3.87. The van der Waals surface area contributed by atoms with Gasteiger partial charge in [-0.15, -0.1) is 24.0 Å². The molecule has 0 heterocycles. The van der Waals surface area contributed by atoms with Crippen LogP contribution in [0, 0.1) is 0 Å². The summed E-state index contributed by atoms with van der Waals surface area (Å²) in [6, 6.07) is 9.11. The molecule has 1 fully saturated rings. The fraction of sp³-hybridized carbons (Fsp3) is 0.562. The van der Waals surface area contributed by atoms with Crippen molar-refractivity contribution < 1.29 is 0 Å². The summed E-state index contributed by atoms with van der Waals surface area (Å²) >= 11 is 5.34. The van der Waals surface area contributed by atoms with Gasteiger partial charge >= 0.3 is 0 Å². The highest BCUT2D eigenvalue weighted by molar-refractivity contribution is 14.0. The minimum Gasteiger partial charge on any atom is -0.355 e. The number of hydrogen-bond acceptors (Lipinski definition) is 2. The first-order valence-electron chi connectivity index (χ1n) is 7.23. The minimum atomic E-state index is 0. The van der Waals surface area contributed by atoms with Crippen molar-refractivity contribution in [1.82, 2.24) is 10.6 Å². The van der Waals surface area contributed by atoms with E-state index in [1.54, 1.807) is 0 Å². The van der Waals surface area contributed by atoms with Gasteiger partial charge in [-0.25, -0.2) is 0 Å². The molecule has 2 rings (SSSR count). The predicted molar refractivity (Wildman–Crippen MR) is 113 cm³/mol. The molecule has 1 aliphatic carbocycles. The van der Waals surface area contributed by atoms with Crippen molar-refractivity contribution in [2.45, 2.75) is 37.0 Å². The lowest BCUT2D eigenvalue weighted by Gasteiger charge is -2.23. The van der Waals surface area contributed by atoms with E-state index in [-0.39, 0.29) is 28.7 Å². The predicted octanol–water partition coefficient (Wildman–Crippen LogP) is 4.23. The molecular formula is C16H25BrIN3S. The van der Waals surface area contributed by atoms with Gasteiger partial charge < -0.3 is 10.6 Å². The first kappa shape index (κ1) is 20.1. The van der Waals surface area contributed by atoms with Crippen LogP contribution < -0.4 is 10.6 Å². The second-order valence-electron chi connectivity index (χ2n) is 6.03. The van der Waals surface area contributed by atoms with Crippen LogP contribution in [0.15, 0.2) is 33.7 Å². The van der Waals surface area contributed by atoms with E-state index in [1.807, 2.05) is 18.8 Å². The maximum atomic E-state index is 4.33. The van der Waals surface area contributed by atoms with Crippen LogP contribution in [-0.4, -0.2) is 36.6 Å². The maximum Gasteiger partial charge on any atom is 0.191 e. The Bertz CT molecular complexity index is 505. The molecule has 1 aromatic carbocycles. The second-order valence-corrected chi connectivity index (χ2v) is 8.46. The van der Waals surface area contributed by atoms with Crippen LogP contribution >= 0.6 is 51.7 Å². The molecule has 0 spiro atoms. The Morgan fingerprint density at radius 3 is 2.55 bits per heavy atom. The molecule has 0 saturated heterocycles. The summed E-state index contributed by atoms with van der Waals surface area (Å²) in [6.07, 6.45) is 3.32. The van der Waals surface area contributed by atoms with Crippen LogP contribution in [0.25, 0.3) is 0 Å². The molecule has 3 nitrogen and oxygen atoms in total. The van der Waals surface area contributed by atoms with Crippen LogP contribution in [0.3, 0.4) is 0 Å². The minimum absolute atomic E-state index is 0. The van der Waals surface area contributed by atoms with E-state index in [0.29, 0.717) is 12.0 Å². The van der Waals surface area contributed by atoms with Gasteiger partial charge in [0.05, 0.1) is 0 Å². The first-order chi connectivity index (χ1) is 9.95. The third kappa shape index (κ3) is 5.92. The van der Waals surface area contributed by atoms with Crippen molar-refractivity contribution in [3.8, 4) is 0 Å². The smallest absolute Gasteiger partial charge is 0.191 e.